The minimum atomic E-state index is -1.85. The molecule has 0 saturated heterocycles. The first kappa shape index (κ1) is 17.3. The zero-order chi connectivity index (χ0) is 17.8. The molecule has 3 heteroatoms. The highest BCUT2D eigenvalue weighted by molar-refractivity contribution is 7.81. The van der Waals surface area contributed by atoms with Gasteiger partial charge in [0, 0.05) is 12.1 Å². The van der Waals surface area contributed by atoms with Crippen molar-refractivity contribution >= 4 is 35.0 Å². The Balaban J connectivity index is 1.95. The molecular formula is C23H21ClNP. The van der Waals surface area contributed by atoms with Crippen LogP contribution in [-0.4, -0.2) is 6.16 Å². The fourth-order valence-corrected chi connectivity index (χ4v) is 7.31. The summed E-state index contributed by atoms with van der Waals surface area (Å²) in [5, 5.41) is 3.47. The van der Waals surface area contributed by atoms with Crippen molar-refractivity contribution in [1.29, 1.82) is 0 Å². The van der Waals surface area contributed by atoms with Crippen molar-refractivity contribution in [3.05, 3.63) is 102 Å². The molecule has 0 aromatic heterocycles. The third kappa shape index (κ3) is 3.43. The Morgan fingerprint density at radius 2 is 1.31 bits per heavy atom. The summed E-state index contributed by atoms with van der Waals surface area (Å²) in [6.45, 7) is 0. The fourth-order valence-electron chi connectivity index (χ4n) is 3.50. The molecule has 26 heavy (non-hydrogen) atoms. The quantitative estimate of drug-likeness (QED) is 0.473. The van der Waals surface area contributed by atoms with Crippen molar-refractivity contribution in [1.82, 2.24) is 0 Å². The second kappa shape index (κ2) is 7.66. The van der Waals surface area contributed by atoms with Gasteiger partial charge >= 0.3 is 0 Å². The summed E-state index contributed by atoms with van der Waals surface area (Å²) < 4.78 is 5.48. The smallest absolute Gasteiger partial charge is 0.0653 e. The molecule has 0 N–H and O–H groups in total. The Labute approximate surface area is 160 Å². The van der Waals surface area contributed by atoms with Gasteiger partial charge in [-0.05, 0) is 47.3 Å². The van der Waals surface area contributed by atoms with Gasteiger partial charge in [-0.15, -0.1) is 0 Å². The topological polar surface area (TPSA) is 12.4 Å². The van der Waals surface area contributed by atoms with E-state index in [4.69, 9.17) is 16.3 Å². The number of hydrogen-bond donors (Lipinski definition) is 0. The van der Waals surface area contributed by atoms with Crippen LogP contribution in [0, 0.1) is 0 Å². The zero-order valence-corrected chi connectivity index (χ0v) is 16.2. The van der Waals surface area contributed by atoms with Crippen LogP contribution in [0.1, 0.15) is 18.4 Å². The Hall–Kier alpha value is -2.08. The molecule has 0 atom stereocenters. The van der Waals surface area contributed by atoms with Gasteiger partial charge in [0.05, 0.1) is 5.70 Å². The third-order valence-electron chi connectivity index (χ3n) is 4.81. The molecular weight excluding hydrogens is 357 g/mol. The first-order valence-electron chi connectivity index (χ1n) is 8.97. The van der Waals surface area contributed by atoms with E-state index in [1.54, 1.807) is 0 Å². The Morgan fingerprint density at radius 3 is 1.88 bits per heavy atom. The van der Waals surface area contributed by atoms with Crippen molar-refractivity contribution in [3.63, 3.8) is 0 Å². The maximum Gasteiger partial charge on any atom is 0.0653 e. The lowest BCUT2D eigenvalue weighted by Gasteiger charge is -2.25. The van der Waals surface area contributed by atoms with E-state index in [2.05, 4.69) is 78.9 Å². The van der Waals surface area contributed by atoms with Gasteiger partial charge in [0.15, 0.2) is 0 Å². The molecule has 3 aromatic carbocycles. The summed E-state index contributed by atoms with van der Waals surface area (Å²) >= 11 is 6.09. The molecule has 0 amide bonds. The third-order valence-corrected chi connectivity index (χ3v) is 8.89. The van der Waals surface area contributed by atoms with Gasteiger partial charge < -0.3 is 0 Å². The van der Waals surface area contributed by atoms with Gasteiger partial charge in [-0.25, -0.2) is 0 Å². The summed E-state index contributed by atoms with van der Waals surface area (Å²) in [4.78, 5) is 0. The number of halogens is 1. The van der Waals surface area contributed by atoms with Crippen molar-refractivity contribution in [2.75, 3.05) is 6.16 Å². The summed E-state index contributed by atoms with van der Waals surface area (Å²) in [5.41, 5.74) is 2.24. The lowest BCUT2D eigenvalue weighted by atomic mass is 10.1. The lowest BCUT2D eigenvalue weighted by Crippen LogP contribution is -2.18. The first-order valence-corrected chi connectivity index (χ1v) is 11.3. The van der Waals surface area contributed by atoms with Crippen LogP contribution >= 0.6 is 18.7 Å². The molecule has 1 heterocycles. The molecule has 0 bridgehead atoms. The van der Waals surface area contributed by atoms with E-state index in [0.717, 1.165) is 35.3 Å². The maximum atomic E-state index is 6.09. The van der Waals surface area contributed by atoms with Crippen LogP contribution in [0.2, 0.25) is 5.02 Å². The Kier molecular flexibility index (Phi) is 5.11. The van der Waals surface area contributed by atoms with Gasteiger partial charge in [-0.1, -0.05) is 90.5 Å². The molecule has 0 aliphatic carbocycles. The largest absolute Gasteiger partial charge is 0.258 e. The molecule has 0 spiro atoms. The first-order chi connectivity index (χ1) is 12.8. The van der Waals surface area contributed by atoms with Crippen molar-refractivity contribution < 1.29 is 0 Å². The number of rotatable bonds is 3. The molecule has 1 aliphatic heterocycles. The summed E-state index contributed by atoms with van der Waals surface area (Å²) in [6.07, 6.45) is 5.60. The second-order valence-electron chi connectivity index (χ2n) is 6.50. The van der Waals surface area contributed by atoms with Gasteiger partial charge in [0.25, 0.3) is 0 Å². The van der Waals surface area contributed by atoms with Crippen molar-refractivity contribution in [2.24, 2.45) is 4.74 Å². The van der Waals surface area contributed by atoms with Crippen LogP contribution in [0.3, 0.4) is 0 Å². The van der Waals surface area contributed by atoms with E-state index in [9.17, 15) is 0 Å². The van der Waals surface area contributed by atoms with Gasteiger partial charge in [0.1, 0.15) is 0 Å². The molecule has 0 saturated carbocycles. The molecule has 0 radical (unpaired) electrons. The minimum Gasteiger partial charge on any atom is -0.258 e. The number of nitrogens with zero attached hydrogens (tertiary/aromatic N) is 1. The monoisotopic (exact) mass is 377 g/mol. The van der Waals surface area contributed by atoms with Crippen molar-refractivity contribution in [3.8, 4) is 0 Å². The SMILES string of the molecule is Clc1ccc(C2=CCCCP(c3ccccc3)(c3ccccc3)=N2)cc1. The summed E-state index contributed by atoms with van der Waals surface area (Å²) in [6, 6.07) is 29.7. The molecule has 1 aliphatic rings. The van der Waals surface area contributed by atoms with Crippen LogP contribution in [0.15, 0.2) is 95.8 Å². The van der Waals surface area contributed by atoms with E-state index >= 15 is 0 Å². The van der Waals surface area contributed by atoms with E-state index < -0.39 is 7.05 Å². The van der Waals surface area contributed by atoms with Crippen LogP contribution in [0.25, 0.3) is 5.70 Å². The average molecular weight is 378 g/mol. The van der Waals surface area contributed by atoms with E-state index in [0.29, 0.717) is 0 Å². The van der Waals surface area contributed by atoms with Crippen LogP contribution in [0.5, 0.6) is 0 Å². The van der Waals surface area contributed by atoms with Crippen molar-refractivity contribution in [2.45, 2.75) is 12.8 Å². The Bertz CT molecular complexity index is 917. The zero-order valence-electron chi connectivity index (χ0n) is 14.6. The maximum absolute atomic E-state index is 6.09. The highest BCUT2D eigenvalue weighted by Crippen LogP contribution is 2.52. The fraction of sp³-hybridized carbons (Fsp3) is 0.130. The van der Waals surface area contributed by atoms with E-state index in [1.165, 1.54) is 10.6 Å². The number of allylic oxidation sites excluding steroid dienone is 1. The molecule has 1 nitrogen and oxygen atoms in total. The highest BCUT2D eigenvalue weighted by atomic mass is 35.5. The Morgan fingerprint density at radius 1 is 0.731 bits per heavy atom. The lowest BCUT2D eigenvalue weighted by molar-refractivity contribution is 0.972. The van der Waals surface area contributed by atoms with Crippen LogP contribution < -0.4 is 10.6 Å². The second-order valence-corrected chi connectivity index (χ2v) is 10.2. The summed E-state index contributed by atoms with van der Waals surface area (Å²) in [5.74, 6) is 0. The number of hydrogen-bond acceptors (Lipinski definition) is 1. The predicted molar refractivity (Wildman–Crippen MR) is 115 cm³/mol. The normalized spacial score (nSPS) is 16.3. The minimum absolute atomic E-state index is 0.759. The standard InChI is InChI=1S/C23H21ClNP/c24-20-16-14-19(15-17-20)23-13-7-8-18-26(25-23,21-9-3-1-4-10-21)22-11-5-2-6-12-22/h1-6,9-17H,7-8,18H2. The van der Waals surface area contributed by atoms with Crippen LogP contribution in [-0.2, 0) is 0 Å². The number of benzene rings is 3. The molecule has 0 fully saturated rings. The van der Waals surface area contributed by atoms with Crippen LogP contribution in [0.4, 0.5) is 0 Å². The van der Waals surface area contributed by atoms with E-state index in [1.807, 2.05) is 12.1 Å². The molecule has 3 aromatic rings. The van der Waals surface area contributed by atoms with Gasteiger partial charge in [-0.2, -0.15) is 0 Å². The van der Waals surface area contributed by atoms with Gasteiger partial charge in [-0.3, -0.25) is 4.74 Å². The van der Waals surface area contributed by atoms with E-state index in [-0.39, 0.29) is 0 Å². The highest BCUT2D eigenvalue weighted by Gasteiger charge is 2.26. The average Bonchev–Trinajstić information content (AvgIpc) is 2.94. The molecule has 0 unspecified atom stereocenters. The predicted octanol–water partition coefficient (Wildman–Crippen LogP) is 6.33. The molecule has 4 rings (SSSR count). The summed E-state index contributed by atoms with van der Waals surface area (Å²) in [7, 11) is -1.85. The molecule has 130 valence electrons. The van der Waals surface area contributed by atoms with Gasteiger partial charge in [0.2, 0.25) is 0 Å².